The molecule has 2 heterocycles. The molecule has 0 aliphatic carbocycles. The molecule has 0 amide bonds. The third kappa shape index (κ3) is 4.93. The van der Waals surface area contributed by atoms with Crippen molar-refractivity contribution in [3.05, 3.63) is 76.4 Å². The van der Waals surface area contributed by atoms with Crippen LogP contribution in [0.3, 0.4) is 0 Å². The average Bonchev–Trinajstić information content (AvgIpc) is 3.45. The molecule has 0 atom stereocenters. The molecule has 0 saturated carbocycles. The van der Waals surface area contributed by atoms with Crippen LogP contribution in [0.2, 0.25) is 0 Å². The van der Waals surface area contributed by atoms with Gasteiger partial charge >= 0.3 is 11.7 Å². The van der Waals surface area contributed by atoms with E-state index in [1.807, 2.05) is 48.5 Å². The lowest BCUT2D eigenvalue weighted by molar-refractivity contribution is 0.0527. The van der Waals surface area contributed by atoms with Crippen LogP contribution in [-0.4, -0.2) is 39.0 Å². The Labute approximate surface area is 197 Å². The van der Waals surface area contributed by atoms with Crippen molar-refractivity contribution in [1.29, 1.82) is 0 Å². The fourth-order valence-electron chi connectivity index (χ4n) is 3.89. The normalized spacial score (nSPS) is 10.9. The van der Waals surface area contributed by atoms with E-state index in [1.54, 1.807) is 24.9 Å². The van der Waals surface area contributed by atoms with E-state index in [0.717, 1.165) is 35.2 Å². The highest BCUT2D eigenvalue weighted by Crippen LogP contribution is 2.30. The van der Waals surface area contributed by atoms with Gasteiger partial charge in [-0.1, -0.05) is 55.5 Å². The van der Waals surface area contributed by atoms with Crippen LogP contribution >= 0.6 is 0 Å². The van der Waals surface area contributed by atoms with Crippen LogP contribution < -0.4 is 10.7 Å². The number of H-pyrrole nitrogens is 1. The number of esters is 1. The summed E-state index contributed by atoms with van der Waals surface area (Å²) in [6, 6.07) is 15.8. The Bertz CT molecular complexity index is 1320. The second kappa shape index (κ2) is 10.2. The van der Waals surface area contributed by atoms with E-state index in [-0.39, 0.29) is 5.97 Å². The number of ether oxygens (including phenoxy) is 1. The monoisotopic (exact) mass is 461 g/mol. The molecule has 4 aromatic rings. The molecule has 0 aliphatic rings. The summed E-state index contributed by atoms with van der Waals surface area (Å²) >= 11 is 0. The average molecular weight is 462 g/mol. The van der Waals surface area contributed by atoms with Crippen molar-refractivity contribution in [1.82, 2.24) is 19.9 Å². The topological polar surface area (TPSA) is 106 Å². The molecule has 0 bridgehead atoms. The molecule has 9 nitrogen and oxygen atoms in total. The highest BCUT2D eigenvalue weighted by Gasteiger charge is 2.22. The summed E-state index contributed by atoms with van der Waals surface area (Å²) in [6.45, 7) is 5.53. The standard InChI is InChI=1S/C25H27N5O4/c1-4-14-30(23-21(16-29(3)27-23)24(31)33-5-2)15-17-10-12-18(13-11-17)19-8-6-7-9-20(19)22-26-25(32)34-28-22/h6-13,16H,4-5,14-15H2,1-3H3,(H,26,28,32). The van der Waals surface area contributed by atoms with Crippen molar-refractivity contribution in [2.45, 2.75) is 26.8 Å². The zero-order valence-electron chi connectivity index (χ0n) is 19.4. The minimum Gasteiger partial charge on any atom is -0.462 e. The highest BCUT2D eigenvalue weighted by atomic mass is 16.5. The minimum atomic E-state index is -0.659. The minimum absolute atomic E-state index is 0.312. The van der Waals surface area contributed by atoms with E-state index >= 15 is 0 Å². The first-order valence-electron chi connectivity index (χ1n) is 11.2. The van der Waals surface area contributed by atoms with E-state index in [0.29, 0.717) is 30.4 Å². The van der Waals surface area contributed by atoms with Gasteiger partial charge in [0.15, 0.2) is 11.6 Å². The predicted octanol–water partition coefficient (Wildman–Crippen LogP) is 4.02. The Morgan fingerprint density at radius 3 is 2.50 bits per heavy atom. The number of carbonyl (C=O) groups is 1. The molecule has 1 N–H and O–H groups in total. The van der Waals surface area contributed by atoms with Crippen LogP contribution in [-0.2, 0) is 18.3 Å². The molecule has 4 rings (SSSR count). The first kappa shape index (κ1) is 23.0. The Hall–Kier alpha value is -4.14. The van der Waals surface area contributed by atoms with Crippen molar-refractivity contribution in [3.63, 3.8) is 0 Å². The van der Waals surface area contributed by atoms with Crippen LogP contribution in [0.4, 0.5) is 5.82 Å². The van der Waals surface area contributed by atoms with Crippen LogP contribution in [0.15, 0.2) is 64.0 Å². The van der Waals surface area contributed by atoms with Crippen molar-refractivity contribution in [2.24, 2.45) is 7.05 Å². The van der Waals surface area contributed by atoms with Gasteiger partial charge in [-0.05, 0) is 30.0 Å². The quantitative estimate of drug-likeness (QED) is 0.375. The van der Waals surface area contributed by atoms with E-state index in [2.05, 4.69) is 27.1 Å². The second-order valence-electron chi connectivity index (χ2n) is 7.86. The van der Waals surface area contributed by atoms with Gasteiger partial charge in [0.25, 0.3) is 0 Å². The van der Waals surface area contributed by atoms with Crippen molar-refractivity contribution in [2.75, 3.05) is 18.1 Å². The maximum absolute atomic E-state index is 12.5. The molecule has 0 fully saturated rings. The Morgan fingerprint density at radius 2 is 1.85 bits per heavy atom. The summed E-state index contributed by atoms with van der Waals surface area (Å²) < 4.78 is 11.6. The summed E-state index contributed by atoms with van der Waals surface area (Å²) in [5.41, 5.74) is 4.23. The third-order valence-electron chi connectivity index (χ3n) is 5.36. The summed E-state index contributed by atoms with van der Waals surface area (Å²) in [7, 11) is 1.80. The molecule has 34 heavy (non-hydrogen) atoms. The van der Waals surface area contributed by atoms with Crippen LogP contribution in [0.5, 0.6) is 0 Å². The van der Waals surface area contributed by atoms with Crippen molar-refractivity contribution < 1.29 is 14.1 Å². The predicted molar refractivity (Wildman–Crippen MR) is 129 cm³/mol. The van der Waals surface area contributed by atoms with Gasteiger partial charge in [0.2, 0.25) is 0 Å². The van der Waals surface area contributed by atoms with E-state index in [1.165, 1.54) is 0 Å². The van der Waals surface area contributed by atoms with Gasteiger partial charge in [-0.2, -0.15) is 15.2 Å². The summed E-state index contributed by atoms with van der Waals surface area (Å²) in [4.78, 5) is 29.8. The molecule has 0 saturated heterocycles. The smallest absolute Gasteiger partial charge is 0.460 e. The van der Waals surface area contributed by atoms with Gasteiger partial charge in [0.1, 0.15) is 5.56 Å². The van der Waals surface area contributed by atoms with E-state index in [4.69, 9.17) is 9.26 Å². The first-order chi connectivity index (χ1) is 16.5. The SMILES string of the molecule is CCCN(Cc1ccc(-c2ccccc2-c2nc(=O)o[nH]2)cc1)c1nn(C)cc1C(=O)OCC. The molecule has 9 heteroatoms. The number of rotatable bonds is 9. The Balaban J connectivity index is 1.61. The van der Waals surface area contributed by atoms with Gasteiger partial charge in [-0.25, -0.2) is 9.59 Å². The molecule has 0 radical (unpaired) electrons. The zero-order valence-corrected chi connectivity index (χ0v) is 19.4. The highest BCUT2D eigenvalue weighted by molar-refractivity contribution is 5.94. The fourth-order valence-corrected chi connectivity index (χ4v) is 3.89. The fraction of sp³-hybridized carbons (Fsp3) is 0.280. The third-order valence-corrected chi connectivity index (χ3v) is 5.36. The number of carbonyl (C=O) groups excluding carboxylic acids is 1. The zero-order chi connectivity index (χ0) is 24.1. The first-order valence-corrected chi connectivity index (χ1v) is 11.2. The van der Waals surface area contributed by atoms with Crippen LogP contribution in [0.25, 0.3) is 22.5 Å². The van der Waals surface area contributed by atoms with E-state index in [9.17, 15) is 9.59 Å². The van der Waals surface area contributed by atoms with Gasteiger partial charge in [-0.3, -0.25) is 4.68 Å². The van der Waals surface area contributed by atoms with Gasteiger partial charge in [0, 0.05) is 31.9 Å². The van der Waals surface area contributed by atoms with Crippen LogP contribution in [0, 0.1) is 0 Å². The summed E-state index contributed by atoms with van der Waals surface area (Å²) in [5.74, 6) is -0.0231. The number of aromatic amines is 1. The van der Waals surface area contributed by atoms with Crippen LogP contribution in [0.1, 0.15) is 36.2 Å². The lowest BCUT2D eigenvalue weighted by atomic mass is 9.98. The lowest BCUT2D eigenvalue weighted by Crippen LogP contribution is -2.26. The van der Waals surface area contributed by atoms with Gasteiger partial charge in [0.05, 0.1) is 6.61 Å². The maximum Gasteiger partial charge on any atom is 0.460 e. The number of anilines is 1. The number of hydrogen-bond acceptors (Lipinski definition) is 7. The number of aromatic nitrogens is 4. The lowest BCUT2D eigenvalue weighted by Gasteiger charge is -2.23. The van der Waals surface area contributed by atoms with Gasteiger partial charge in [-0.15, -0.1) is 0 Å². The number of benzene rings is 2. The largest absolute Gasteiger partial charge is 0.462 e. The maximum atomic E-state index is 12.5. The summed E-state index contributed by atoms with van der Waals surface area (Å²) in [5, 5.41) is 7.11. The molecule has 0 aliphatic heterocycles. The molecular formula is C25H27N5O4. The number of aryl methyl sites for hydroxylation is 1. The Kier molecular flexibility index (Phi) is 6.91. The van der Waals surface area contributed by atoms with Crippen molar-refractivity contribution in [3.8, 4) is 22.5 Å². The molecule has 2 aromatic heterocycles. The number of nitrogens with zero attached hydrogens (tertiary/aromatic N) is 4. The second-order valence-corrected chi connectivity index (χ2v) is 7.86. The molecule has 0 spiro atoms. The summed E-state index contributed by atoms with van der Waals surface area (Å²) in [6.07, 6.45) is 2.60. The van der Waals surface area contributed by atoms with Crippen molar-refractivity contribution >= 4 is 11.8 Å². The number of nitrogens with one attached hydrogen (secondary N) is 1. The van der Waals surface area contributed by atoms with E-state index < -0.39 is 5.76 Å². The molecule has 0 unspecified atom stereocenters. The molecular weight excluding hydrogens is 434 g/mol. The Morgan fingerprint density at radius 1 is 1.12 bits per heavy atom. The molecule has 176 valence electrons. The van der Waals surface area contributed by atoms with Gasteiger partial charge < -0.3 is 14.2 Å². The number of hydrogen-bond donors (Lipinski definition) is 1. The molecule has 2 aromatic carbocycles.